The van der Waals surface area contributed by atoms with E-state index in [1.54, 1.807) is 0 Å². The van der Waals surface area contributed by atoms with Crippen LogP contribution < -0.4 is 5.48 Å². The second kappa shape index (κ2) is 3.85. The van der Waals surface area contributed by atoms with Crippen LogP contribution in [0.25, 0.3) is 0 Å². The van der Waals surface area contributed by atoms with Gasteiger partial charge < -0.3 is 4.74 Å². The zero-order valence-corrected chi connectivity index (χ0v) is 5.21. The van der Waals surface area contributed by atoms with Crippen LogP contribution in [0.15, 0.2) is 4.99 Å². The SMILES string of the molecule is C/N=C(\OC)C(=O)NO. The number of rotatable bonds is 0. The molecular formula is C4H8N2O3. The van der Waals surface area contributed by atoms with E-state index in [1.807, 2.05) is 0 Å². The van der Waals surface area contributed by atoms with Crippen molar-refractivity contribution in [2.75, 3.05) is 14.2 Å². The van der Waals surface area contributed by atoms with Crippen molar-refractivity contribution < 1.29 is 14.7 Å². The average Bonchev–Trinajstić information content (AvgIpc) is 1.90. The van der Waals surface area contributed by atoms with Gasteiger partial charge in [-0.25, -0.2) is 5.48 Å². The molecule has 0 saturated carbocycles. The summed E-state index contributed by atoms with van der Waals surface area (Å²) in [5.41, 5.74) is 1.37. The minimum absolute atomic E-state index is 0.155. The molecule has 0 aliphatic heterocycles. The summed E-state index contributed by atoms with van der Waals surface area (Å²) in [6, 6.07) is 0. The zero-order chi connectivity index (χ0) is 7.28. The lowest BCUT2D eigenvalue weighted by atomic mass is 10.6. The van der Waals surface area contributed by atoms with Crippen LogP contribution in [0.4, 0.5) is 0 Å². The molecular weight excluding hydrogens is 124 g/mol. The van der Waals surface area contributed by atoms with Gasteiger partial charge in [0.25, 0.3) is 5.90 Å². The molecule has 0 aliphatic rings. The Labute approximate surface area is 52.3 Å². The maximum Gasteiger partial charge on any atom is 0.329 e. The molecule has 5 heteroatoms. The summed E-state index contributed by atoms with van der Waals surface area (Å²) in [6.45, 7) is 0. The van der Waals surface area contributed by atoms with E-state index in [0.29, 0.717) is 0 Å². The first-order valence-corrected chi connectivity index (χ1v) is 2.21. The normalized spacial score (nSPS) is 10.8. The van der Waals surface area contributed by atoms with Crippen LogP contribution >= 0.6 is 0 Å². The predicted octanol–water partition coefficient (Wildman–Crippen LogP) is -0.833. The van der Waals surface area contributed by atoms with E-state index in [-0.39, 0.29) is 5.90 Å². The molecule has 0 heterocycles. The van der Waals surface area contributed by atoms with Crippen molar-refractivity contribution in [3.8, 4) is 0 Å². The van der Waals surface area contributed by atoms with Gasteiger partial charge in [-0.3, -0.25) is 15.0 Å². The highest BCUT2D eigenvalue weighted by molar-refractivity contribution is 6.34. The van der Waals surface area contributed by atoms with Gasteiger partial charge in [-0.15, -0.1) is 0 Å². The number of nitrogens with one attached hydrogen (secondary N) is 1. The Kier molecular flexibility index (Phi) is 3.38. The predicted molar refractivity (Wildman–Crippen MR) is 30.3 cm³/mol. The van der Waals surface area contributed by atoms with Crippen molar-refractivity contribution in [2.24, 2.45) is 4.99 Å². The summed E-state index contributed by atoms with van der Waals surface area (Å²) in [5.74, 6) is -0.905. The van der Waals surface area contributed by atoms with Crippen molar-refractivity contribution in [3.05, 3.63) is 0 Å². The number of carbonyl (C=O) groups is 1. The van der Waals surface area contributed by atoms with Gasteiger partial charge in [0.1, 0.15) is 0 Å². The molecule has 0 bridgehead atoms. The van der Waals surface area contributed by atoms with Crippen molar-refractivity contribution in [3.63, 3.8) is 0 Å². The van der Waals surface area contributed by atoms with Crippen LogP contribution in [0.1, 0.15) is 0 Å². The van der Waals surface area contributed by atoms with Crippen molar-refractivity contribution in [1.29, 1.82) is 0 Å². The Hall–Kier alpha value is -1.10. The van der Waals surface area contributed by atoms with Crippen LogP contribution in [0, 0.1) is 0 Å². The number of hydrogen-bond donors (Lipinski definition) is 2. The molecule has 0 aromatic carbocycles. The van der Waals surface area contributed by atoms with Gasteiger partial charge in [-0.1, -0.05) is 0 Å². The van der Waals surface area contributed by atoms with E-state index in [0.717, 1.165) is 0 Å². The lowest BCUT2D eigenvalue weighted by molar-refractivity contribution is -0.123. The summed E-state index contributed by atoms with van der Waals surface area (Å²) >= 11 is 0. The largest absolute Gasteiger partial charge is 0.477 e. The first kappa shape index (κ1) is 7.90. The molecule has 0 fully saturated rings. The van der Waals surface area contributed by atoms with Crippen molar-refractivity contribution in [1.82, 2.24) is 5.48 Å². The molecule has 0 radical (unpaired) electrons. The molecule has 0 rings (SSSR count). The molecule has 0 spiro atoms. The topological polar surface area (TPSA) is 70.9 Å². The second-order valence-electron chi connectivity index (χ2n) is 1.17. The maximum atomic E-state index is 10.4. The van der Waals surface area contributed by atoms with Crippen LogP contribution in [0.3, 0.4) is 0 Å². The van der Waals surface area contributed by atoms with Crippen molar-refractivity contribution in [2.45, 2.75) is 0 Å². The Bertz CT molecular complexity index is 132. The third-order valence-corrected chi connectivity index (χ3v) is 0.692. The Morgan fingerprint density at radius 2 is 2.33 bits per heavy atom. The molecule has 1 amide bonds. The summed E-state index contributed by atoms with van der Waals surface area (Å²) in [7, 11) is 2.67. The zero-order valence-electron chi connectivity index (χ0n) is 5.21. The van der Waals surface area contributed by atoms with Gasteiger partial charge in [-0.2, -0.15) is 0 Å². The standard InChI is InChI=1S/C4H8N2O3/c1-5-4(9-2)3(7)6-8/h8H,1-2H3,(H,6,7)/b5-4-. The van der Waals surface area contributed by atoms with Gasteiger partial charge in [0.2, 0.25) is 0 Å². The fourth-order valence-corrected chi connectivity index (χ4v) is 0.333. The summed E-state index contributed by atoms with van der Waals surface area (Å²) in [5, 5.41) is 8.01. The highest BCUT2D eigenvalue weighted by atomic mass is 16.5. The van der Waals surface area contributed by atoms with Gasteiger partial charge >= 0.3 is 5.91 Å². The molecule has 0 unspecified atom stereocenters. The van der Waals surface area contributed by atoms with Crippen LogP contribution in [0.5, 0.6) is 0 Å². The second-order valence-corrected chi connectivity index (χ2v) is 1.17. The Morgan fingerprint density at radius 1 is 1.78 bits per heavy atom. The minimum Gasteiger partial charge on any atom is -0.477 e. The van der Waals surface area contributed by atoms with E-state index < -0.39 is 5.91 Å². The number of amides is 1. The Morgan fingerprint density at radius 3 is 2.44 bits per heavy atom. The van der Waals surface area contributed by atoms with Gasteiger partial charge in [0.15, 0.2) is 0 Å². The summed E-state index contributed by atoms with van der Waals surface area (Å²) in [4.78, 5) is 13.8. The lowest BCUT2D eigenvalue weighted by Crippen LogP contribution is -2.29. The number of aliphatic imine (C=N–C) groups is 1. The first-order chi connectivity index (χ1) is 4.26. The fraction of sp³-hybridized carbons (Fsp3) is 0.500. The number of carbonyl (C=O) groups excluding carboxylic acids is 1. The van der Waals surface area contributed by atoms with E-state index in [4.69, 9.17) is 5.21 Å². The molecule has 0 aromatic rings. The number of methoxy groups -OCH3 is 1. The third kappa shape index (κ3) is 2.09. The van der Waals surface area contributed by atoms with E-state index in [2.05, 4.69) is 9.73 Å². The maximum absolute atomic E-state index is 10.4. The molecule has 52 valence electrons. The average molecular weight is 132 g/mol. The molecule has 2 N–H and O–H groups in total. The highest BCUT2D eigenvalue weighted by Gasteiger charge is 2.07. The molecule has 0 saturated heterocycles. The number of hydroxylamine groups is 1. The van der Waals surface area contributed by atoms with Crippen LogP contribution in [-0.4, -0.2) is 31.2 Å². The lowest BCUT2D eigenvalue weighted by Gasteiger charge is -1.98. The fourth-order valence-electron chi connectivity index (χ4n) is 0.333. The van der Waals surface area contributed by atoms with E-state index in [1.165, 1.54) is 19.6 Å². The van der Waals surface area contributed by atoms with Crippen LogP contribution in [-0.2, 0) is 9.53 Å². The molecule has 5 nitrogen and oxygen atoms in total. The number of hydrogen-bond acceptors (Lipinski definition) is 4. The monoisotopic (exact) mass is 132 g/mol. The highest BCUT2D eigenvalue weighted by Crippen LogP contribution is 1.76. The molecule has 0 atom stereocenters. The number of nitrogens with zero attached hydrogens (tertiary/aromatic N) is 1. The number of ether oxygens (including phenoxy) is 1. The van der Waals surface area contributed by atoms with Gasteiger partial charge in [0.05, 0.1) is 7.11 Å². The quantitative estimate of drug-likeness (QED) is 0.195. The minimum atomic E-state index is -0.750. The smallest absolute Gasteiger partial charge is 0.329 e. The molecule has 9 heavy (non-hydrogen) atoms. The Balaban J connectivity index is 3.97. The summed E-state index contributed by atoms with van der Waals surface area (Å²) in [6.07, 6.45) is 0. The molecule has 0 aliphatic carbocycles. The van der Waals surface area contributed by atoms with Crippen LogP contribution in [0.2, 0.25) is 0 Å². The van der Waals surface area contributed by atoms with Gasteiger partial charge in [0, 0.05) is 7.05 Å². The first-order valence-electron chi connectivity index (χ1n) is 2.21. The van der Waals surface area contributed by atoms with E-state index >= 15 is 0 Å². The van der Waals surface area contributed by atoms with Gasteiger partial charge in [-0.05, 0) is 0 Å². The summed E-state index contributed by atoms with van der Waals surface area (Å²) < 4.78 is 4.43. The van der Waals surface area contributed by atoms with Crippen molar-refractivity contribution >= 4 is 11.8 Å². The third-order valence-electron chi connectivity index (χ3n) is 0.692. The molecule has 0 aromatic heterocycles. The van der Waals surface area contributed by atoms with E-state index in [9.17, 15) is 4.79 Å².